The van der Waals surface area contributed by atoms with Crippen molar-refractivity contribution in [3.8, 4) is 28.4 Å². The maximum Gasteiger partial charge on any atom is 0.262 e. The number of fused-ring (bicyclic) bond motifs is 1. The molecule has 9 heteroatoms. The van der Waals surface area contributed by atoms with Crippen molar-refractivity contribution in [3.05, 3.63) is 89.2 Å². The van der Waals surface area contributed by atoms with Crippen LogP contribution in [-0.4, -0.2) is 37.3 Å². The highest BCUT2D eigenvalue weighted by atomic mass is 35.5. The van der Waals surface area contributed by atoms with E-state index in [1.54, 1.807) is 16.9 Å². The lowest BCUT2D eigenvalue weighted by atomic mass is 10.1. The highest BCUT2D eigenvalue weighted by Crippen LogP contribution is 2.26. The van der Waals surface area contributed by atoms with Crippen LogP contribution in [0.1, 0.15) is 11.1 Å². The Morgan fingerprint density at radius 1 is 1.00 bits per heavy atom. The molecule has 174 valence electrons. The Morgan fingerprint density at radius 2 is 1.80 bits per heavy atom. The summed E-state index contributed by atoms with van der Waals surface area (Å²) in [6.07, 6.45) is 3.42. The lowest BCUT2D eigenvalue weighted by Gasteiger charge is -2.11. The predicted octanol–water partition coefficient (Wildman–Crippen LogP) is 5.14. The zero-order chi connectivity index (χ0) is 24.4. The van der Waals surface area contributed by atoms with E-state index in [1.807, 2.05) is 74.5 Å². The molecular formula is C26H21ClN6O2. The Balaban J connectivity index is 1.33. The first-order valence-electron chi connectivity index (χ1n) is 10.9. The van der Waals surface area contributed by atoms with Crippen molar-refractivity contribution in [1.29, 1.82) is 0 Å². The van der Waals surface area contributed by atoms with Gasteiger partial charge in [0.05, 0.1) is 5.69 Å². The summed E-state index contributed by atoms with van der Waals surface area (Å²) >= 11 is 6.20. The number of halogens is 1. The smallest absolute Gasteiger partial charge is 0.262 e. The molecule has 0 aliphatic rings. The number of anilines is 1. The molecule has 0 unspecified atom stereocenters. The van der Waals surface area contributed by atoms with Gasteiger partial charge in [-0.3, -0.25) is 9.78 Å². The molecule has 35 heavy (non-hydrogen) atoms. The number of ether oxygens (including phenoxy) is 1. The van der Waals surface area contributed by atoms with Crippen molar-refractivity contribution >= 4 is 28.8 Å². The summed E-state index contributed by atoms with van der Waals surface area (Å²) in [5.41, 5.74) is 5.43. The van der Waals surface area contributed by atoms with Gasteiger partial charge in [0.2, 0.25) is 0 Å². The molecule has 5 rings (SSSR count). The van der Waals surface area contributed by atoms with Crippen LogP contribution in [0, 0.1) is 13.8 Å². The minimum absolute atomic E-state index is 0.121. The van der Waals surface area contributed by atoms with Crippen LogP contribution in [0.15, 0.2) is 73.1 Å². The van der Waals surface area contributed by atoms with E-state index >= 15 is 0 Å². The van der Waals surface area contributed by atoms with E-state index in [0.717, 1.165) is 22.3 Å². The number of benzene rings is 2. The molecule has 0 fully saturated rings. The van der Waals surface area contributed by atoms with Gasteiger partial charge >= 0.3 is 0 Å². The third kappa shape index (κ3) is 4.83. The lowest BCUT2D eigenvalue weighted by molar-refractivity contribution is -0.118. The summed E-state index contributed by atoms with van der Waals surface area (Å²) in [7, 11) is 0. The predicted molar refractivity (Wildman–Crippen MR) is 134 cm³/mol. The van der Waals surface area contributed by atoms with Crippen LogP contribution in [-0.2, 0) is 4.79 Å². The number of pyridine rings is 1. The minimum atomic E-state index is -0.270. The topological polar surface area (TPSA) is 94.3 Å². The van der Waals surface area contributed by atoms with E-state index in [0.29, 0.717) is 33.6 Å². The van der Waals surface area contributed by atoms with Gasteiger partial charge in [0, 0.05) is 34.2 Å². The number of hydrogen-bond acceptors (Lipinski definition) is 6. The lowest BCUT2D eigenvalue weighted by Crippen LogP contribution is -2.20. The summed E-state index contributed by atoms with van der Waals surface area (Å²) in [5.74, 6) is 0.932. The molecule has 1 N–H and O–H groups in total. The van der Waals surface area contributed by atoms with Crippen LogP contribution in [0.3, 0.4) is 0 Å². The standard InChI is InChI=1S/C26H21ClN6O2/c1-16-11-21(12-17(2)25(16)27)35-15-24(34)29-20-7-3-5-18(13-20)22-8-9-23-30-31-26(33(23)32-22)19-6-4-10-28-14-19/h3-14H,15H2,1-2H3,(H,29,34). The zero-order valence-corrected chi connectivity index (χ0v) is 19.8. The summed E-state index contributed by atoms with van der Waals surface area (Å²) in [5, 5.41) is 16.7. The molecule has 2 aromatic carbocycles. The van der Waals surface area contributed by atoms with Crippen molar-refractivity contribution in [3.63, 3.8) is 0 Å². The van der Waals surface area contributed by atoms with Gasteiger partial charge in [0.25, 0.3) is 5.91 Å². The van der Waals surface area contributed by atoms with Crippen LogP contribution < -0.4 is 10.1 Å². The van der Waals surface area contributed by atoms with Crippen LogP contribution in [0.4, 0.5) is 5.69 Å². The van der Waals surface area contributed by atoms with Gasteiger partial charge < -0.3 is 10.1 Å². The van der Waals surface area contributed by atoms with Crippen molar-refractivity contribution in [1.82, 2.24) is 24.8 Å². The van der Waals surface area contributed by atoms with E-state index in [-0.39, 0.29) is 12.5 Å². The van der Waals surface area contributed by atoms with Gasteiger partial charge in [0.15, 0.2) is 18.1 Å². The molecule has 0 saturated carbocycles. The molecule has 0 saturated heterocycles. The molecule has 0 aliphatic heterocycles. The van der Waals surface area contributed by atoms with Crippen molar-refractivity contribution in [2.24, 2.45) is 0 Å². The molecule has 8 nitrogen and oxygen atoms in total. The van der Waals surface area contributed by atoms with E-state index in [1.165, 1.54) is 0 Å². The number of aryl methyl sites for hydroxylation is 2. The van der Waals surface area contributed by atoms with Gasteiger partial charge in [-0.05, 0) is 73.5 Å². The summed E-state index contributed by atoms with van der Waals surface area (Å²) in [6.45, 7) is 3.68. The summed E-state index contributed by atoms with van der Waals surface area (Å²) in [6, 6.07) is 18.6. The second-order valence-electron chi connectivity index (χ2n) is 8.04. The number of nitrogens with one attached hydrogen (secondary N) is 1. The SMILES string of the molecule is Cc1cc(OCC(=O)Nc2cccc(-c3ccc4nnc(-c5cccnc5)n4n3)c2)cc(C)c1Cl. The van der Waals surface area contributed by atoms with Gasteiger partial charge in [-0.15, -0.1) is 10.2 Å². The first-order valence-corrected chi connectivity index (χ1v) is 11.3. The largest absolute Gasteiger partial charge is 0.484 e. The molecule has 0 aliphatic carbocycles. The molecule has 0 radical (unpaired) electrons. The molecule has 0 spiro atoms. The Bertz CT molecular complexity index is 1510. The Kier molecular flexibility index (Phi) is 6.12. The molecule has 0 bridgehead atoms. The normalized spacial score (nSPS) is 10.9. The quantitative estimate of drug-likeness (QED) is 0.358. The van der Waals surface area contributed by atoms with E-state index in [9.17, 15) is 4.79 Å². The molecular weight excluding hydrogens is 464 g/mol. The van der Waals surface area contributed by atoms with Crippen LogP contribution >= 0.6 is 11.6 Å². The van der Waals surface area contributed by atoms with Gasteiger partial charge in [0.1, 0.15) is 5.75 Å². The van der Waals surface area contributed by atoms with Gasteiger partial charge in [-0.2, -0.15) is 9.61 Å². The average molecular weight is 485 g/mol. The second kappa shape index (κ2) is 9.52. The van der Waals surface area contributed by atoms with E-state index < -0.39 is 0 Å². The fraction of sp³-hybridized carbons (Fsp3) is 0.115. The Labute approximate surface area is 206 Å². The minimum Gasteiger partial charge on any atom is -0.484 e. The van der Waals surface area contributed by atoms with Gasteiger partial charge in [-0.1, -0.05) is 23.7 Å². The maximum absolute atomic E-state index is 12.5. The van der Waals surface area contributed by atoms with E-state index in [2.05, 4.69) is 20.5 Å². The number of carbonyl (C=O) groups is 1. The maximum atomic E-state index is 12.5. The first kappa shape index (κ1) is 22.5. The van der Waals surface area contributed by atoms with Crippen molar-refractivity contribution in [2.45, 2.75) is 13.8 Å². The third-order valence-corrected chi connectivity index (χ3v) is 6.00. The monoisotopic (exact) mass is 484 g/mol. The van der Waals surface area contributed by atoms with Crippen molar-refractivity contribution < 1.29 is 9.53 Å². The number of carbonyl (C=O) groups excluding carboxylic acids is 1. The summed E-state index contributed by atoms with van der Waals surface area (Å²) < 4.78 is 7.34. The summed E-state index contributed by atoms with van der Waals surface area (Å²) in [4.78, 5) is 16.7. The highest BCUT2D eigenvalue weighted by molar-refractivity contribution is 6.32. The zero-order valence-electron chi connectivity index (χ0n) is 19.1. The van der Waals surface area contributed by atoms with Gasteiger partial charge in [-0.25, -0.2) is 0 Å². The fourth-order valence-corrected chi connectivity index (χ4v) is 3.82. The number of nitrogens with zero attached hydrogens (tertiary/aromatic N) is 5. The van der Waals surface area contributed by atoms with E-state index in [4.69, 9.17) is 21.4 Å². The number of amides is 1. The average Bonchev–Trinajstić information content (AvgIpc) is 3.30. The molecule has 0 atom stereocenters. The van der Waals surface area contributed by atoms with Crippen LogP contribution in [0.5, 0.6) is 5.75 Å². The van der Waals surface area contributed by atoms with Crippen LogP contribution in [0.2, 0.25) is 5.02 Å². The highest BCUT2D eigenvalue weighted by Gasteiger charge is 2.12. The Hall–Kier alpha value is -4.30. The van der Waals surface area contributed by atoms with Crippen LogP contribution in [0.25, 0.3) is 28.3 Å². The molecule has 3 heterocycles. The first-order chi connectivity index (χ1) is 17.0. The number of hydrogen-bond donors (Lipinski definition) is 1. The number of aromatic nitrogens is 5. The Morgan fingerprint density at radius 3 is 2.57 bits per heavy atom. The number of rotatable bonds is 6. The third-order valence-electron chi connectivity index (χ3n) is 5.40. The second-order valence-corrected chi connectivity index (χ2v) is 8.42. The molecule has 5 aromatic rings. The molecule has 1 amide bonds. The van der Waals surface area contributed by atoms with Crippen molar-refractivity contribution in [2.75, 3.05) is 11.9 Å². The molecule has 3 aromatic heterocycles. The fourth-order valence-electron chi connectivity index (χ4n) is 3.71.